The van der Waals surface area contributed by atoms with Crippen LogP contribution in [0.4, 0.5) is 0 Å². The first-order chi connectivity index (χ1) is 6.08. The van der Waals surface area contributed by atoms with Crippen LogP contribution in [0, 0.1) is 5.92 Å². The van der Waals surface area contributed by atoms with E-state index in [-0.39, 0.29) is 0 Å². The van der Waals surface area contributed by atoms with Crippen LogP contribution in [0.5, 0.6) is 0 Å². The lowest BCUT2D eigenvalue weighted by atomic mass is 10.3. The molecule has 0 aromatic heterocycles. The first-order valence-corrected chi connectivity index (χ1v) is 7.97. The number of halogens is 1. The largest absolute Gasteiger partial charge is 0.395 e. The highest BCUT2D eigenvalue weighted by Gasteiger charge is 2.32. The van der Waals surface area contributed by atoms with Gasteiger partial charge in [0.25, 0.3) is 0 Å². The lowest BCUT2D eigenvalue weighted by Gasteiger charge is -2.27. The van der Waals surface area contributed by atoms with Gasteiger partial charge in [0.2, 0.25) is 0 Å². The summed E-state index contributed by atoms with van der Waals surface area (Å²) in [6.07, 6.45) is 0. The smallest absolute Gasteiger partial charge is 0.335 e. The molecule has 0 radical (unpaired) electrons. The van der Waals surface area contributed by atoms with E-state index in [0.29, 0.717) is 11.8 Å². The van der Waals surface area contributed by atoms with Crippen molar-refractivity contribution in [1.29, 1.82) is 0 Å². The van der Waals surface area contributed by atoms with Crippen molar-refractivity contribution >= 4 is 20.2 Å². The molecule has 0 saturated heterocycles. The summed E-state index contributed by atoms with van der Waals surface area (Å²) in [6.45, 7) is 9.74. The number of hydrogen-bond acceptors (Lipinski definition) is 2. The summed E-state index contributed by atoms with van der Waals surface area (Å²) in [6, 6.07) is 0.984. The molecule has 80 valence electrons. The second-order valence-corrected chi connectivity index (χ2v) is 7.03. The van der Waals surface area contributed by atoms with Crippen molar-refractivity contribution in [2.24, 2.45) is 5.92 Å². The Labute approximate surface area is 87.8 Å². The predicted molar refractivity (Wildman–Crippen MR) is 59.6 cm³/mol. The molecule has 0 aromatic carbocycles. The van der Waals surface area contributed by atoms with Crippen LogP contribution in [-0.4, -0.2) is 27.7 Å². The number of hydrogen-bond donors (Lipinski definition) is 0. The van der Waals surface area contributed by atoms with Gasteiger partial charge in [-0.25, -0.2) is 0 Å². The molecule has 0 spiro atoms. The quantitative estimate of drug-likeness (QED) is 0.489. The van der Waals surface area contributed by atoms with E-state index in [1.165, 1.54) is 0 Å². The standard InChI is InChI=1S/C9H21ClO2Si/c1-5-11-13(4,12-6-2)8-9(3)7-10/h9H,5-8H2,1-4H3. The summed E-state index contributed by atoms with van der Waals surface area (Å²) in [7, 11) is -1.92. The molecule has 0 saturated carbocycles. The fourth-order valence-electron chi connectivity index (χ4n) is 1.46. The van der Waals surface area contributed by atoms with E-state index >= 15 is 0 Å². The molecule has 13 heavy (non-hydrogen) atoms. The summed E-state index contributed by atoms with van der Waals surface area (Å²) in [5.41, 5.74) is 0. The van der Waals surface area contributed by atoms with Crippen molar-refractivity contribution in [3.63, 3.8) is 0 Å². The van der Waals surface area contributed by atoms with Crippen LogP contribution < -0.4 is 0 Å². The van der Waals surface area contributed by atoms with Gasteiger partial charge in [-0.05, 0) is 32.4 Å². The van der Waals surface area contributed by atoms with Crippen molar-refractivity contribution in [2.75, 3.05) is 19.1 Å². The zero-order valence-corrected chi connectivity index (χ0v) is 10.9. The van der Waals surface area contributed by atoms with E-state index in [2.05, 4.69) is 13.5 Å². The molecule has 0 bridgehead atoms. The fraction of sp³-hybridized carbons (Fsp3) is 1.00. The van der Waals surface area contributed by atoms with Crippen molar-refractivity contribution in [3.8, 4) is 0 Å². The molecule has 0 heterocycles. The Kier molecular flexibility index (Phi) is 7.04. The second-order valence-electron chi connectivity index (χ2n) is 3.46. The van der Waals surface area contributed by atoms with E-state index in [1.807, 2.05) is 13.8 Å². The van der Waals surface area contributed by atoms with Crippen molar-refractivity contribution < 1.29 is 8.85 Å². The van der Waals surface area contributed by atoms with E-state index < -0.39 is 8.56 Å². The minimum Gasteiger partial charge on any atom is -0.395 e. The molecule has 0 aliphatic carbocycles. The van der Waals surface area contributed by atoms with Crippen molar-refractivity contribution in [2.45, 2.75) is 33.4 Å². The van der Waals surface area contributed by atoms with E-state index in [9.17, 15) is 0 Å². The monoisotopic (exact) mass is 224 g/mol. The van der Waals surface area contributed by atoms with Crippen LogP contribution in [0.1, 0.15) is 20.8 Å². The van der Waals surface area contributed by atoms with Gasteiger partial charge in [0.1, 0.15) is 0 Å². The van der Waals surface area contributed by atoms with Gasteiger partial charge in [-0.3, -0.25) is 0 Å². The molecule has 0 rings (SSSR count). The zero-order valence-electron chi connectivity index (χ0n) is 9.10. The molecule has 1 atom stereocenters. The van der Waals surface area contributed by atoms with Gasteiger partial charge in [0.15, 0.2) is 0 Å². The average molecular weight is 225 g/mol. The lowest BCUT2D eigenvalue weighted by Crippen LogP contribution is -2.40. The van der Waals surface area contributed by atoms with E-state index in [1.54, 1.807) is 0 Å². The highest BCUT2D eigenvalue weighted by Crippen LogP contribution is 2.20. The molecule has 0 aliphatic heterocycles. The van der Waals surface area contributed by atoms with E-state index in [0.717, 1.165) is 19.3 Å². The molecule has 4 heteroatoms. The molecule has 2 nitrogen and oxygen atoms in total. The molecular weight excluding hydrogens is 204 g/mol. The van der Waals surface area contributed by atoms with Gasteiger partial charge in [-0.2, -0.15) is 0 Å². The lowest BCUT2D eigenvalue weighted by molar-refractivity contribution is 0.185. The third-order valence-corrected chi connectivity index (χ3v) is 5.65. The van der Waals surface area contributed by atoms with Gasteiger partial charge >= 0.3 is 8.56 Å². The Balaban J connectivity index is 4.05. The minimum absolute atomic E-state index is 0.483. The fourth-order valence-corrected chi connectivity index (χ4v) is 4.70. The highest BCUT2D eigenvalue weighted by molar-refractivity contribution is 6.66. The van der Waals surface area contributed by atoms with Crippen LogP contribution in [0.3, 0.4) is 0 Å². The highest BCUT2D eigenvalue weighted by atomic mass is 35.5. The average Bonchev–Trinajstić information content (AvgIpc) is 2.04. The molecular formula is C9H21ClO2Si. The minimum atomic E-state index is -1.92. The third-order valence-electron chi connectivity index (χ3n) is 1.88. The SMILES string of the molecule is CCO[Si](C)(CC(C)CCl)OCC. The van der Waals surface area contributed by atoms with Crippen LogP contribution in [-0.2, 0) is 8.85 Å². The zero-order chi connectivity index (χ0) is 10.3. The Bertz CT molecular complexity index is 127. The van der Waals surface area contributed by atoms with E-state index in [4.69, 9.17) is 20.5 Å². The Morgan fingerprint density at radius 2 is 1.69 bits per heavy atom. The van der Waals surface area contributed by atoms with Gasteiger partial charge in [-0.1, -0.05) is 6.92 Å². The molecule has 0 N–H and O–H groups in total. The maximum Gasteiger partial charge on any atom is 0.335 e. The molecule has 0 aliphatic rings. The summed E-state index contributed by atoms with van der Waals surface area (Å²) in [4.78, 5) is 0. The first kappa shape index (κ1) is 13.4. The van der Waals surface area contributed by atoms with Gasteiger partial charge < -0.3 is 8.85 Å². The van der Waals surface area contributed by atoms with Gasteiger partial charge in [0, 0.05) is 19.1 Å². The topological polar surface area (TPSA) is 18.5 Å². The van der Waals surface area contributed by atoms with Crippen molar-refractivity contribution in [1.82, 2.24) is 0 Å². The summed E-state index contributed by atoms with van der Waals surface area (Å²) >= 11 is 5.77. The van der Waals surface area contributed by atoms with Gasteiger partial charge in [0.05, 0.1) is 0 Å². The maximum atomic E-state index is 5.77. The summed E-state index contributed by atoms with van der Waals surface area (Å²) in [5.74, 6) is 1.17. The maximum absolute atomic E-state index is 5.77. The van der Waals surface area contributed by atoms with Crippen LogP contribution in [0.2, 0.25) is 12.6 Å². The number of rotatable bonds is 7. The van der Waals surface area contributed by atoms with Crippen molar-refractivity contribution in [3.05, 3.63) is 0 Å². The Morgan fingerprint density at radius 3 is 2.00 bits per heavy atom. The predicted octanol–water partition coefficient (Wildman–Crippen LogP) is 3.01. The normalized spacial score (nSPS) is 14.5. The molecule has 0 amide bonds. The molecule has 0 fully saturated rings. The summed E-state index contributed by atoms with van der Waals surface area (Å²) in [5, 5.41) is 0. The first-order valence-electron chi connectivity index (χ1n) is 4.91. The van der Waals surface area contributed by atoms with Crippen LogP contribution in [0.25, 0.3) is 0 Å². The third kappa shape index (κ3) is 5.68. The molecule has 0 aromatic rings. The van der Waals surface area contributed by atoms with Crippen LogP contribution in [0.15, 0.2) is 0 Å². The second kappa shape index (κ2) is 6.82. The summed E-state index contributed by atoms with van der Waals surface area (Å²) < 4.78 is 11.4. The van der Waals surface area contributed by atoms with Gasteiger partial charge in [-0.15, -0.1) is 11.6 Å². The van der Waals surface area contributed by atoms with Crippen LogP contribution >= 0.6 is 11.6 Å². The Hall–Kier alpha value is 0.427. The Morgan fingerprint density at radius 1 is 1.23 bits per heavy atom. The number of alkyl halides is 1. The molecule has 1 unspecified atom stereocenters.